The zero-order valence-electron chi connectivity index (χ0n) is 10.6. The van der Waals surface area contributed by atoms with Crippen LogP contribution < -0.4 is 10.6 Å². The predicted molar refractivity (Wildman–Crippen MR) is 69.1 cm³/mol. The van der Waals surface area contributed by atoms with Gasteiger partial charge in [0.05, 0.1) is 12.6 Å². The summed E-state index contributed by atoms with van der Waals surface area (Å²) in [4.78, 5) is 6.83. The van der Waals surface area contributed by atoms with Crippen molar-refractivity contribution in [2.75, 3.05) is 18.1 Å². The minimum Gasteiger partial charge on any atom is -0.394 e. The average Bonchev–Trinajstić information content (AvgIpc) is 2.75. The van der Waals surface area contributed by atoms with Crippen molar-refractivity contribution in [3.05, 3.63) is 22.9 Å². The molecule has 2 heterocycles. The molecule has 0 aromatic carbocycles. The van der Waals surface area contributed by atoms with Gasteiger partial charge in [-0.05, 0) is 38.3 Å². The van der Waals surface area contributed by atoms with Gasteiger partial charge in [0.15, 0.2) is 0 Å². The van der Waals surface area contributed by atoms with Crippen LogP contribution in [0.4, 0.5) is 5.82 Å². The van der Waals surface area contributed by atoms with Gasteiger partial charge in [0.2, 0.25) is 0 Å². The van der Waals surface area contributed by atoms with Crippen LogP contribution in [0.25, 0.3) is 0 Å². The fourth-order valence-corrected chi connectivity index (χ4v) is 2.64. The van der Waals surface area contributed by atoms with Crippen LogP contribution in [0.2, 0.25) is 0 Å². The Kier molecular flexibility index (Phi) is 3.64. The number of rotatable bonds is 3. The van der Waals surface area contributed by atoms with Gasteiger partial charge >= 0.3 is 0 Å². The third-order valence-corrected chi connectivity index (χ3v) is 3.52. The molecule has 4 heteroatoms. The van der Waals surface area contributed by atoms with Crippen molar-refractivity contribution in [1.82, 2.24) is 4.98 Å². The number of aromatic nitrogens is 1. The highest BCUT2D eigenvalue weighted by Gasteiger charge is 2.27. The molecular weight excluding hydrogens is 214 g/mol. The molecule has 1 saturated heterocycles. The van der Waals surface area contributed by atoms with Crippen LogP contribution in [0, 0.1) is 13.8 Å². The standard InChI is InChI=1S/C13H21N3O/c1-9-6-10(2)15-13(12(9)7-14)16-5-3-4-11(16)8-17/h6,11,17H,3-5,7-8,14H2,1-2H3. The van der Waals surface area contributed by atoms with Crippen LogP contribution in [0.5, 0.6) is 0 Å². The smallest absolute Gasteiger partial charge is 0.133 e. The highest BCUT2D eigenvalue weighted by Crippen LogP contribution is 2.28. The van der Waals surface area contributed by atoms with Crippen molar-refractivity contribution in [3.63, 3.8) is 0 Å². The average molecular weight is 235 g/mol. The van der Waals surface area contributed by atoms with E-state index in [2.05, 4.69) is 22.9 Å². The number of aryl methyl sites for hydroxylation is 2. The monoisotopic (exact) mass is 235 g/mol. The molecule has 1 aliphatic rings. The maximum Gasteiger partial charge on any atom is 0.133 e. The van der Waals surface area contributed by atoms with Gasteiger partial charge in [0, 0.05) is 24.3 Å². The zero-order chi connectivity index (χ0) is 12.4. The minimum absolute atomic E-state index is 0.193. The molecule has 2 rings (SSSR count). The lowest BCUT2D eigenvalue weighted by Crippen LogP contribution is -2.34. The van der Waals surface area contributed by atoms with E-state index in [1.165, 1.54) is 5.56 Å². The van der Waals surface area contributed by atoms with Gasteiger partial charge in [0.1, 0.15) is 5.82 Å². The highest BCUT2D eigenvalue weighted by atomic mass is 16.3. The van der Waals surface area contributed by atoms with Crippen LogP contribution in [0.3, 0.4) is 0 Å². The quantitative estimate of drug-likeness (QED) is 0.824. The van der Waals surface area contributed by atoms with E-state index in [0.717, 1.165) is 36.5 Å². The summed E-state index contributed by atoms with van der Waals surface area (Å²) in [5, 5.41) is 9.40. The first-order valence-electron chi connectivity index (χ1n) is 6.22. The van der Waals surface area contributed by atoms with Crippen LogP contribution in [0.1, 0.15) is 29.7 Å². The Bertz CT molecular complexity index is 406. The van der Waals surface area contributed by atoms with Gasteiger partial charge in [-0.15, -0.1) is 0 Å². The summed E-state index contributed by atoms with van der Waals surface area (Å²) in [6, 6.07) is 2.27. The molecule has 1 unspecified atom stereocenters. The number of aliphatic hydroxyl groups is 1. The second kappa shape index (κ2) is 5.02. The Labute approximate surface area is 102 Å². The third-order valence-electron chi connectivity index (χ3n) is 3.52. The molecule has 0 bridgehead atoms. The number of aliphatic hydroxyl groups excluding tert-OH is 1. The largest absolute Gasteiger partial charge is 0.394 e. The van der Waals surface area contributed by atoms with Gasteiger partial charge in [-0.25, -0.2) is 4.98 Å². The molecular formula is C13H21N3O. The van der Waals surface area contributed by atoms with Crippen molar-refractivity contribution in [1.29, 1.82) is 0 Å². The molecule has 4 nitrogen and oxygen atoms in total. The van der Waals surface area contributed by atoms with Gasteiger partial charge in [-0.2, -0.15) is 0 Å². The number of nitrogens with zero attached hydrogens (tertiary/aromatic N) is 2. The molecule has 0 aliphatic carbocycles. The summed E-state index contributed by atoms with van der Waals surface area (Å²) >= 11 is 0. The first-order valence-corrected chi connectivity index (χ1v) is 6.22. The Morgan fingerprint density at radius 2 is 2.29 bits per heavy atom. The first-order chi connectivity index (χ1) is 8.17. The van der Waals surface area contributed by atoms with E-state index in [4.69, 9.17) is 5.73 Å². The second-order valence-electron chi connectivity index (χ2n) is 4.76. The van der Waals surface area contributed by atoms with Crippen molar-refractivity contribution in [2.45, 2.75) is 39.3 Å². The zero-order valence-corrected chi connectivity index (χ0v) is 10.6. The molecule has 0 radical (unpaired) electrons. The second-order valence-corrected chi connectivity index (χ2v) is 4.76. The lowest BCUT2D eigenvalue weighted by molar-refractivity contribution is 0.266. The van der Waals surface area contributed by atoms with Crippen LogP contribution in [0.15, 0.2) is 6.07 Å². The number of nitrogens with two attached hydrogens (primary N) is 1. The van der Waals surface area contributed by atoms with E-state index in [1.807, 2.05) is 6.92 Å². The number of pyridine rings is 1. The summed E-state index contributed by atoms with van der Waals surface area (Å²) in [6.45, 7) is 5.74. The number of anilines is 1. The lowest BCUT2D eigenvalue weighted by atomic mass is 10.1. The maximum absolute atomic E-state index is 9.40. The van der Waals surface area contributed by atoms with Crippen molar-refractivity contribution in [3.8, 4) is 0 Å². The summed E-state index contributed by atoms with van der Waals surface area (Å²) in [5.74, 6) is 0.974. The Morgan fingerprint density at radius 3 is 2.94 bits per heavy atom. The minimum atomic E-state index is 0.193. The molecule has 3 N–H and O–H groups in total. The van der Waals surface area contributed by atoms with E-state index in [-0.39, 0.29) is 12.6 Å². The molecule has 0 saturated carbocycles. The number of hydrogen-bond donors (Lipinski definition) is 2. The SMILES string of the molecule is Cc1cc(C)c(CN)c(N2CCCC2CO)n1. The van der Waals surface area contributed by atoms with Crippen LogP contribution in [-0.4, -0.2) is 29.3 Å². The van der Waals surface area contributed by atoms with Crippen molar-refractivity contribution >= 4 is 5.82 Å². The molecule has 1 atom stereocenters. The highest BCUT2D eigenvalue weighted by molar-refractivity contribution is 5.53. The Morgan fingerprint density at radius 1 is 1.53 bits per heavy atom. The van der Waals surface area contributed by atoms with E-state index < -0.39 is 0 Å². The molecule has 0 spiro atoms. The van der Waals surface area contributed by atoms with Gasteiger partial charge in [-0.1, -0.05) is 0 Å². The van der Waals surface area contributed by atoms with E-state index in [0.29, 0.717) is 6.54 Å². The van der Waals surface area contributed by atoms with E-state index in [1.54, 1.807) is 0 Å². The number of hydrogen-bond acceptors (Lipinski definition) is 4. The van der Waals surface area contributed by atoms with Crippen molar-refractivity contribution in [2.24, 2.45) is 5.73 Å². The Balaban J connectivity index is 2.42. The molecule has 17 heavy (non-hydrogen) atoms. The summed E-state index contributed by atoms with van der Waals surface area (Å²) < 4.78 is 0. The normalized spacial score (nSPS) is 20.0. The van der Waals surface area contributed by atoms with Crippen molar-refractivity contribution < 1.29 is 5.11 Å². The molecule has 94 valence electrons. The van der Waals surface area contributed by atoms with Gasteiger partial charge in [0.25, 0.3) is 0 Å². The molecule has 1 aliphatic heterocycles. The van der Waals surface area contributed by atoms with E-state index >= 15 is 0 Å². The summed E-state index contributed by atoms with van der Waals surface area (Å²) in [6.07, 6.45) is 2.15. The Hall–Kier alpha value is -1.13. The fourth-order valence-electron chi connectivity index (χ4n) is 2.64. The fraction of sp³-hybridized carbons (Fsp3) is 0.615. The lowest BCUT2D eigenvalue weighted by Gasteiger charge is -2.27. The molecule has 1 fully saturated rings. The summed E-state index contributed by atoms with van der Waals surface area (Å²) in [7, 11) is 0. The van der Waals surface area contributed by atoms with Crippen LogP contribution >= 0.6 is 0 Å². The summed E-state index contributed by atoms with van der Waals surface area (Å²) in [5.41, 5.74) is 9.14. The maximum atomic E-state index is 9.40. The molecule has 1 aromatic rings. The topological polar surface area (TPSA) is 62.4 Å². The predicted octanol–water partition coefficient (Wildman–Crippen LogP) is 1.12. The molecule has 1 aromatic heterocycles. The third kappa shape index (κ3) is 2.28. The van der Waals surface area contributed by atoms with Gasteiger partial charge in [-0.3, -0.25) is 0 Å². The van der Waals surface area contributed by atoms with Gasteiger partial charge < -0.3 is 15.7 Å². The first kappa shape index (κ1) is 12.3. The van der Waals surface area contributed by atoms with E-state index in [9.17, 15) is 5.11 Å². The molecule has 0 amide bonds. The van der Waals surface area contributed by atoms with Crippen LogP contribution in [-0.2, 0) is 6.54 Å².